The highest BCUT2D eigenvalue weighted by Gasteiger charge is 2.24. The highest BCUT2D eigenvalue weighted by Crippen LogP contribution is 2.39. The molecule has 0 atom stereocenters. The van der Waals surface area contributed by atoms with E-state index >= 15 is 0 Å². The number of fused-ring (bicyclic) bond motifs is 1. The van der Waals surface area contributed by atoms with E-state index in [-0.39, 0.29) is 0 Å². The van der Waals surface area contributed by atoms with Crippen molar-refractivity contribution in [2.24, 2.45) is 5.84 Å². The number of nitrogens with two attached hydrogens (primary N) is 1. The molecule has 2 aromatic rings. The number of hydrogen-bond donors (Lipinski definition) is 2. The third-order valence-corrected chi connectivity index (χ3v) is 3.95. The van der Waals surface area contributed by atoms with Crippen LogP contribution in [0.3, 0.4) is 0 Å². The summed E-state index contributed by atoms with van der Waals surface area (Å²) in [4.78, 5) is 4.76. The summed E-state index contributed by atoms with van der Waals surface area (Å²) in [6.07, 6.45) is 3.75. The van der Waals surface area contributed by atoms with Crippen molar-refractivity contribution >= 4 is 32.5 Å². The predicted octanol–water partition coefficient (Wildman–Crippen LogP) is 3.55. The molecular weight excluding hydrogens is 278 g/mol. The Kier molecular flexibility index (Phi) is 2.76. The SMILES string of the molecule is NNc1cc2ccc(Br)cc2nc1C1CCC1. The first-order valence-corrected chi connectivity index (χ1v) is 6.64. The van der Waals surface area contributed by atoms with Gasteiger partial charge in [0, 0.05) is 15.8 Å². The maximum Gasteiger partial charge on any atom is 0.0718 e. The molecular formula is C13H14BrN3. The Labute approximate surface area is 109 Å². The number of aromatic nitrogens is 1. The van der Waals surface area contributed by atoms with E-state index in [0.717, 1.165) is 26.8 Å². The normalized spacial score (nSPS) is 15.9. The first-order chi connectivity index (χ1) is 8.28. The zero-order valence-electron chi connectivity index (χ0n) is 9.41. The summed E-state index contributed by atoms with van der Waals surface area (Å²) in [5.41, 5.74) is 5.88. The highest BCUT2D eigenvalue weighted by atomic mass is 79.9. The van der Waals surface area contributed by atoms with Crippen LogP contribution in [0.5, 0.6) is 0 Å². The van der Waals surface area contributed by atoms with Gasteiger partial charge in [-0.05, 0) is 31.0 Å². The van der Waals surface area contributed by atoms with E-state index in [9.17, 15) is 0 Å². The van der Waals surface area contributed by atoms with Crippen molar-refractivity contribution in [2.75, 3.05) is 5.43 Å². The summed E-state index contributed by atoms with van der Waals surface area (Å²) >= 11 is 3.48. The Hall–Kier alpha value is -1.13. The monoisotopic (exact) mass is 291 g/mol. The third-order valence-electron chi connectivity index (χ3n) is 3.46. The maximum absolute atomic E-state index is 5.59. The molecule has 1 aliphatic carbocycles. The molecule has 0 unspecified atom stereocenters. The molecule has 17 heavy (non-hydrogen) atoms. The molecule has 3 nitrogen and oxygen atoms in total. The highest BCUT2D eigenvalue weighted by molar-refractivity contribution is 9.10. The molecule has 1 aromatic carbocycles. The number of nitrogens with one attached hydrogen (secondary N) is 1. The van der Waals surface area contributed by atoms with E-state index in [0.29, 0.717) is 5.92 Å². The van der Waals surface area contributed by atoms with Crippen LogP contribution in [-0.2, 0) is 0 Å². The van der Waals surface area contributed by atoms with Crippen LogP contribution in [0.1, 0.15) is 30.9 Å². The second-order valence-electron chi connectivity index (χ2n) is 4.53. The molecule has 1 fully saturated rings. The largest absolute Gasteiger partial charge is 0.322 e. The summed E-state index contributed by atoms with van der Waals surface area (Å²) in [5.74, 6) is 6.16. The van der Waals surface area contributed by atoms with Crippen LogP contribution in [0.2, 0.25) is 0 Å². The number of anilines is 1. The van der Waals surface area contributed by atoms with Gasteiger partial charge in [-0.1, -0.05) is 28.4 Å². The zero-order chi connectivity index (χ0) is 11.8. The van der Waals surface area contributed by atoms with Gasteiger partial charge in [0.15, 0.2) is 0 Å². The van der Waals surface area contributed by atoms with Gasteiger partial charge in [-0.25, -0.2) is 0 Å². The minimum absolute atomic E-state index is 0.574. The molecule has 0 radical (unpaired) electrons. The standard InChI is InChI=1S/C13H14BrN3/c14-10-5-4-9-6-12(17-15)13(8-2-1-3-8)16-11(9)7-10/h4-8,17H,1-3,15H2. The topological polar surface area (TPSA) is 50.9 Å². The van der Waals surface area contributed by atoms with Crippen LogP contribution in [0, 0.1) is 0 Å². The molecule has 0 amide bonds. The van der Waals surface area contributed by atoms with Crippen molar-refractivity contribution < 1.29 is 0 Å². The fourth-order valence-electron chi connectivity index (χ4n) is 2.26. The molecule has 1 aliphatic rings. The van der Waals surface area contributed by atoms with Crippen molar-refractivity contribution in [2.45, 2.75) is 25.2 Å². The van der Waals surface area contributed by atoms with Crippen molar-refractivity contribution in [3.05, 3.63) is 34.4 Å². The molecule has 1 heterocycles. The fourth-order valence-corrected chi connectivity index (χ4v) is 2.61. The van der Waals surface area contributed by atoms with Crippen molar-refractivity contribution in [3.8, 4) is 0 Å². The van der Waals surface area contributed by atoms with Gasteiger partial charge in [0.1, 0.15) is 0 Å². The van der Waals surface area contributed by atoms with E-state index in [1.807, 2.05) is 6.07 Å². The third kappa shape index (κ3) is 1.91. The average molecular weight is 292 g/mol. The van der Waals surface area contributed by atoms with Gasteiger partial charge in [-0.15, -0.1) is 0 Å². The number of hydrogen-bond acceptors (Lipinski definition) is 3. The molecule has 0 bridgehead atoms. The fraction of sp³-hybridized carbons (Fsp3) is 0.308. The number of benzene rings is 1. The lowest BCUT2D eigenvalue weighted by atomic mass is 9.82. The van der Waals surface area contributed by atoms with Crippen LogP contribution in [0.15, 0.2) is 28.7 Å². The minimum atomic E-state index is 0.574. The molecule has 3 rings (SSSR count). The number of nitrogen functional groups attached to an aromatic ring is 1. The summed E-state index contributed by atoms with van der Waals surface area (Å²) < 4.78 is 1.06. The van der Waals surface area contributed by atoms with Crippen LogP contribution in [-0.4, -0.2) is 4.98 Å². The average Bonchev–Trinajstić information content (AvgIpc) is 2.25. The molecule has 88 valence electrons. The molecule has 0 spiro atoms. The molecule has 1 aromatic heterocycles. The van der Waals surface area contributed by atoms with Crippen LogP contribution in [0.25, 0.3) is 10.9 Å². The molecule has 0 aliphatic heterocycles. The van der Waals surface area contributed by atoms with Gasteiger partial charge >= 0.3 is 0 Å². The lowest BCUT2D eigenvalue weighted by Crippen LogP contribution is -2.16. The van der Waals surface area contributed by atoms with Crippen molar-refractivity contribution in [1.29, 1.82) is 0 Å². The van der Waals surface area contributed by atoms with Gasteiger partial charge < -0.3 is 5.43 Å². The molecule has 0 saturated heterocycles. The van der Waals surface area contributed by atoms with E-state index < -0.39 is 0 Å². The number of hydrazine groups is 1. The number of pyridine rings is 1. The van der Waals surface area contributed by atoms with Crippen molar-refractivity contribution in [1.82, 2.24) is 4.98 Å². The molecule has 1 saturated carbocycles. The minimum Gasteiger partial charge on any atom is -0.322 e. The van der Waals surface area contributed by atoms with Gasteiger partial charge in [0.25, 0.3) is 0 Å². The smallest absolute Gasteiger partial charge is 0.0718 e. The van der Waals surface area contributed by atoms with Gasteiger partial charge in [0.2, 0.25) is 0 Å². The summed E-state index contributed by atoms with van der Waals surface area (Å²) in [6.45, 7) is 0. The predicted molar refractivity (Wildman–Crippen MR) is 73.8 cm³/mol. The molecule has 3 N–H and O–H groups in total. The zero-order valence-corrected chi connectivity index (χ0v) is 11.0. The Morgan fingerprint density at radius 2 is 2.12 bits per heavy atom. The van der Waals surface area contributed by atoms with Gasteiger partial charge in [-0.2, -0.15) is 0 Å². The summed E-state index contributed by atoms with van der Waals surface area (Å²) in [5, 5.41) is 1.12. The Bertz CT molecular complexity index is 564. The molecule has 4 heteroatoms. The second-order valence-corrected chi connectivity index (χ2v) is 5.45. The number of rotatable bonds is 2. The second kappa shape index (κ2) is 4.27. The van der Waals surface area contributed by atoms with E-state index in [1.165, 1.54) is 19.3 Å². The van der Waals surface area contributed by atoms with Crippen LogP contribution >= 0.6 is 15.9 Å². The van der Waals surface area contributed by atoms with E-state index in [1.54, 1.807) is 0 Å². The lowest BCUT2D eigenvalue weighted by molar-refractivity contribution is 0.413. The number of nitrogens with zero attached hydrogens (tertiary/aromatic N) is 1. The first kappa shape index (κ1) is 11.0. The van der Waals surface area contributed by atoms with E-state index in [2.05, 4.69) is 39.6 Å². The maximum atomic E-state index is 5.59. The Morgan fingerprint density at radius 3 is 2.76 bits per heavy atom. The van der Waals surface area contributed by atoms with Crippen LogP contribution < -0.4 is 11.3 Å². The van der Waals surface area contributed by atoms with E-state index in [4.69, 9.17) is 10.8 Å². The first-order valence-electron chi connectivity index (χ1n) is 5.85. The summed E-state index contributed by atoms with van der Waals surface area (Å²) in [6, 6.07) is 8.21. The Morgan fingerprint density at radius 1 is 1.29 bits per heavy atom. The Balaban J connectivity index is 2.18. The van der Waals surface area contributed by atoms with Crippen molar-refractivity contribution in [3.63, 3.8) is 0 Å². The number of halogens is 1. The van der Waals surface area contributed by atoms with Gasteiger partial charge in [0.05, 0.1) is 16.9 Å². The van der Waals surface area contributed by atoms with Crippen LogP contribution in [0.4, 0.5) is 5.69 Å². The quantitative estimate of drug-likeness (QED) is 0.657. The van der Waals surface area contributed by atoms with Gasteiger partial charge in [-0.3, -0.25) is 10.8 Å². The summed E-state index contributed by atoms with van der Waals surface area (Å²) in [7, 11) is 0. The lowest BCUT2D eigenvalue weighted by Gasteiger charge is -2.26.